The van der Waals surface area contributed by atoms with Crippen LogP contribution in [0.15, 0.2) is 107 Å². The number of hydrogen-bond donors (Lipinski definition) is 2. The lowest BCUT2D eigenvalue weighted by atomic mass is 9.81. The van der Waals surface area contributed by atoms with E-state index in [4.69, 9.17) is 72.8 Å². The Bertz CT molecular complexity index is 2020. The van der Waals surface area contributed by atoms with Crippen molar-refractivity contribution in [2.75, 3.05) is 67.0 Å². The Labute approximate surface area is 367 Å². The minimum absolute atomic E-state index is 0.0187. The standard InChI is InChI=1S/C42H46Cl2N4O14/c1-5-59-41(53)37-31(23-57-19-17-45)47(21-27(39(51)55-3)35(37)25-11-7-9-13-29(25)43)61-33(49)15-16-34(50)62-48-22-28(40(52)56-4)36(26-12-8-10-14-30(26)44)38(42(54)60-6-2)32(48)24-58-20-18-46/h7-16,21-22,35-36H,5-6,17-20,23-24,45-46H2,1-4H3/b16-15-. The summed E-state index contributed by atoms with van der Waals surface area (Å²) in [4.78, 5) is 92.2. The van der Waals surface area contributed by atoms with Gasteiger partial charge in [0.1, 0.15) is 0 Å². The van der Waals surface area contributed by atoms with Gasteiger partial charge in [-0.1, -0.05) is 59.6 Å². The first-order valence-corrected chi connectivity index (χ1v) is 19.8. The summed E-state index contributed by atoms with van der Waals surface area (Å²) in [5.74, 6) is -8.36. The van der Waals surface area contributed by atoms with Crippen LogP contribution < -0.4 is 11.5 Å². The number of halogens is 2. The quantitative estimate of drug-likeness (QED) is 0.0835. The van der Waals surface area contributed by atoms with Crippen LogP contribution in [0, 0.1) is 0 Å². The molecule has 0 amide bonds. The van der Waals surface area contributed by atoms with Gasteiger partial charge in [-0.15, -0.1) is 0 Å². The molecule has 0 saturated heterocycles. The molecular weight excluding hydrogens is 855 g/mol. The van der Waals surface area contributed by atoms with Gasteiger partial charge < -0.3 is 49.6 Å². The zero-order chi connectivity index (χ0) is 45.3. The molecule has 0 spiro atoms. The van der Waals surface area contributed by atoms with Gasteiger partial charge in [-0.05, 0) is 37.1 Å². The first-order chi connectivity index (χ1) is 29.9. The number of nitrogens with two attached hydrogens (primary N) is 2. The number of ether oxygens (including phenoxy) is 6. The second kappa shape index (κ2) is 23.8. The van der Waals surface area contributed by atoms with Gasteiger partial charge in [0.25, 0.3) is 0 Å². The molecule has 20 heteroatoms. The van der Waals surface area contributed by atoms with Crippen LogP contribution in [-0.2, 0) is 66.9 Å². The van der Waals surface area contributed by atoms with Gasteiger partial charge in [0.15, 0.2) is 0 Å². The summed E-state index contributed by atoms with van der Waals surface area (Å²) in [6, 6.07) is 12.9. The van der Waals surface area contributed by atoms with Crippen molar-refractivity contribution in [3.63, 3.8) is 0 Å². The molecule has 4 N–H and O–H groups in total. The van der Waals surface area contributed by atoms with E-state index in [1.807, 2.05) is 0 Å². The van der Waals surface area contributed by atoms with E-state index in [0.717, 1.165) is 36.7 Å². The van der Waals surface area contributed by atoms with Gasteiger partial charge in [-0.25, -0.2) is 28.8 Å². The van der Waals surface area contributed by atoms with Crippen molar-refractivity contribution in [1.82, 2.24) is 10.1 Å². The fourth-order valence-corrected chi connectivity index (χ4v) is 6.80. The number of benzene rings is 2. The fourth-order valence-electron chi connectivity index (χ4n) is 6.31. The molecule has 2 aromatic carbocycles. The molecule has 0 aromatic heterocycles. The van der Waals surface area contributed by atoms with E-state index in [1.54, 1.807) is 62.4 Å². The summed E-state index contributed by atoms with van der Waals surface area (Å²) in [6.07, 6.45) is 3.59. The molecular formula is C42H46Cl2N4O14. The minimum Gasteiger partial charge on any atom is -0.466 e. The van der Waals surface area contributed by atoms with Crippen LogP contribution in [0.1, 0.15) is 36.8 Å². The van der Waals surface area contributed by atoms with Crippen molar-refractivity contribution in [2.45, 2.75) is 25.7 Å². The van der Waals surface area contributed by atoms with Crippen molar-refractivity contribution >= 4 is 59.0 Å². The summed E-state index contributed by atoms with van der Waals surface area (Å²) >= 11 is 13.2. The van der Waals surface area contributed by atoms with E-state index in [-0.39, 0.29) is 96.5 Å². The predicted octanol–water partition coefficient (Wildman–Crippen LogP) is 3.66. The monoisotopic (exact) mass is 900 g/mol. The van der Waals surface area contributed by atoms with Crippen molar-refractivity contribution in [2.24, 2.45) is 11.5 Å². The normalized spacial score (nSPS) is 16.4. The van der Waals surface area contributed by atoms with E-state index >= 15 is 0 Å². The van der Waals surface area contributed by atoms with Crippen molar-refractivity contribution < 1.29 is 66.9 Å². The van der Waals surface area contributed by atoms with Crippen molar-refractivity contribution in [3.8, 4) is 0 Å². The molecule has 332 valence electrons. The summed E-state index contributed by atoms with van der Waals surface area (Å²) in [5, 5.41) is 2.02. The molecule has 18 nitrogen and oxygen atoms in total. The Kier molecular flexibility index (Phi) is 18.7. The number of hydroxylamine groups is 4. The third kappa shape index (κ3) is 11.9. The highest BCUT2D eigenvalue weighted by molar-refractivity contribution is 6.32. The number of carbonyl (C=O) groups is 6. The molecule has 0 aliphatic carbocycles. The Morgan fingerprint density at radius 1 is 0.613 bits per heavy atom. The van der Waals surface area contributed by atoms with E-state index < -0.39 is 47.7 Å². The maximum atomic E-state index is 13.7. The largest absolute Gasteiger partial charge is 0.466 e. The van der Waals surface area contributed by atoms with Crippen LogP contribution in [0.4, 0.5) is 0 Å². The fraction of sp³-hybridized carbons (Fsp3) is 0.333. The van der Waals surface area contributed by atoms with Crippen LogP contribution in [0.2, 0.25) is 10.0 Å². The Hall–Kier alpha value is -6.02. The van der Waals surface area contributed by atoms with Gasteiger partial charge >= 0.3 is 35.8 Å². The summed E-state index contributed by atoms with van der Waals surface area (Å²) in [6.45, 7) is 2.49. The van der Waals surface area contributed by atoms with Crippen LogP contribution >= 0.6 is 23.2 Å². The van der Waals surface area contributed by atoms with Gasteiger partial charge in [0.2, 0.25) is 0 Å². The van der Waals surface area contributed by atoms with Crippen LogP contribution in [0.25, 0.3) is 0 Å². The maximum absolute atomic E-state index is 13.7. The summed E-state index contributed by atoms with van der Waals surface area (Å²) < 4.78 is 32.2. The number of nitrogens with zero attached hydrogens (tertiary/aromatic N) is 2. The predicted molar refractivity (Wildman–Crippen MR) is 221 cm³/mol. The average molecular weight is 902 g/mol. The second-order valence-electron chi connectivity index (χ2n) is 12.7. The molecule has 0 radical (unpaired) electrons. The molecule has 2 heterocycles. The number of methoxy groups -OCH3 is 2. The first kappa shape index (κ1) is 48.6. The van der Waals surface area contributed by atoms with Gasteiger partial charge in [-0.2, -0.15) is 10.1 Å². The van der Waals surface area contributed by atoms with Gasteiger partial charge in [0, 0.05) is 35.3 Å². The highest BCUT2D eigenvalue weighted by atomic mass is 35.5. The van der Waals surface area contributed by atoms with Crippen molar-refractivity contribution in [1.29, 1.82) is 0 Å². The van der Waals surface area contributed by atoms with Crippen LogP contribution in [0.5, 0.6) is 0 Å². The van der Waals surface area contributed by atoms with E-state index in [1.165, 1.54) is 0 Å². The summed E-state index contributed by atoms with van der Waals surface area (Å²) in [5.41, 5.74) is 11.1. The third-order valence-electron chi connectivity index (χ3n) is 8.87. The molecule has 4 rings (SSSR count). The van der Waals surface area contributed by atoms with Crippen molar-refractivity contribution in [3.05, 3.63) is 128 Å². The minimum atomic E-state index is -1.21. The average Bonchev–Trinajstić information content (AvgIpc) is 3.26. The van der Waals surface area contributed by atoms with Crippen LogP contribution in [-0.4, -0.2) is 113 Å². The smallest absolute Gasteiger partial charge is 0.356 e. The molecule has 62 heavy (non-hydrogen) atoms. The molecule has 2 unspecified atom stereocenters. The lowest BCUT2D eigenvalue weighted by Gasteiger charge is -2.34. The van der Waals surface area contributed by atoms with E-state index in [0.29, 0.717) is 23.3 Å². The SMILES string of the molecule is CCOC(=O)C1=C(COCCN)N(OC(=O)/C=C\C(=O)ON2C=C(C(=O)OC)C(c3ccccc3Cl)C(C(=O)OCC)=C2COCCN)C=C(C(=O)OC)C1c1ccccc1Cl. The second-order valence-corrected chi connectivity index (χ2v) is 13.5. The summed E-state index contributed by atoms with van der Waals surface area (Å²) in [7, 11) is 2.24. The van der Waals surface area contributed by atoms with Gasteiger partial charge in [0.05, 0.1) is 112 Å². The van der Waals surface area contributed by atoms with Gasteiger partial charge in [-0.3, -0.25) is 0 Å². The Balaban J connectivity index is 1.76. The molecule has 0 fully saturated rings. The molecule has 2 aliphatic heterocycles. The molecule has 2 aromatic rings. The Morgan fingerprint density at radius 2 is 0.984 bits per heavy atom. The molecule has 2 aliphatic rings. The zero-order valence-corrected chi connectivity index (χ0v) is 35.8. The highest BCUT2D eigenvalue weighted by Crippen LogP contribution is 2.44. The number of esters is 4. The maximum Gasteiger partial charge on any atom is 0.356 e. The van der Waals surface area contributed by atoms with E-state index in [2.05, 4.69) is 0 Å². The molecule has 0 bridgehead atoms. The number of rotatable bonds is 20. The lowest BCUT2D eigenvalue weighted by molar-refractivity contribution is -0.170. The third-order valence-corrected chi connectivity index (χ3v) is 9.55. The first-order valence-electron chi connectivity index (χ1n) is 19.0. The lowest BCUT2D eigenvalue weighted by Crippen LogP contribution is -2.36. The highest BCUT2D eigenvalue weighted by Gasteiger charge is 2.43. The molecule has 0 saturated carbocycles. The molecule has 2 atom stereocenters. The number of hydrogen-bond acceptors (Lipinski definition) is 18. The van der Waals surface area contributed by atoms with Crippen LogP contribution in [0.3, 0.4) is 0 Å². The van der Waals surface area contributed by atoms with E-state index in [9.17, 15) is 28.8 Å². The number of carbonyl (C=O) groups excluding carboxylic acids is 6. The topological polar surface area (TPSA) is 235 Å². The zero-order valence-electron chi connectivity index (χ0n) is 34.3. The Morgan fingerprint density at radius 3 is 1.31 bits per heavy atom.